The summed E-state index contributed by atoms with van der Waals surface area (Å²) < 4.78 is 2.18. The fourth-order valence-electron chi connectivity index (χ4n) is 1.69. The highest BCUT2D eigenvalue weighted by atomic mass is 127. The van der Waals surface area contributed by atoms with Gasteiger partial charge in [-0.3, -0.25) is 0 Å². The molecule has 0 saturated carbocycles. The highest BCUT2D eigenvalue weighted by Crippen LogP contribution is 2.28. The lowest BCUT2D eigenvalue weighted by molar-refractivity contribution is 0.162. The molecule has 90 valence electrons. The molecule has 1 aromatic carbocycles. The molecule has 0 heterocycles. The Labute approximate surface area is 120 Å². The molecule has 1 aromatic rings. The zero-order valence-electron chi connectivity index (χ0n) is 9.55. The number of aliphatic hydroxyl groups is 1. The van der Waals surface area contributed by atoms with Crippen LogP contribution in [0, 0.1) is 3.57 Å². The van der Waals surface area contributed by atoms with Gasteiger partial charge in [0.1, 0.15) is 0 Å². The van der Waals surface area contributed by atoms with Gasteiger partial charge in [0.25, 0.3) is 0 Å². The third-order valence-corrected chi connectivity index (χ3v) is 4.04. The second-order valence-electron chi connectivity index (χ2n) is 4.03. The Balaban J connectivity index is 2.51. The molecule has 0 fully saturated rings. The lowest BCUT2D eigenvalue weighted by atomic mass is 10.0. The van der Waals surface area contributed by atoms with Crippen LogP contribution in [0.4, 0.5) is 0 Å². The Morgan fingerprint density at radius 3 is 2.75 bits per heavy atom. The van der Waals surface area contributed by atoms with Gasteiger partial charge in [-0.05, 0) is 52.8 Å². The molecule has 0 radical (unpaired) electrons. The summed E-state index contributed by atoms with van der Waals surface area (Å²) >= 11 is 5.76. The molecule has 1 N–H and O–H groups in total. The predicted molar refractivity (Wildman–Crippen MR) is 80.6 cm³/mol. The van der Waals surface area contributed by atoms with E-state index < -0.39 is 0 Å². The number of aliphatic hydroxyl groups excluding tert-OH is 1. The third-order valence-electron chi connectivity index (χ3n) is 2.65. The summed E-state index contributed by atoms with van der Waals surface area (Å²) in [6, 6.07) is 6.10. The molecule has 0 saturated heterocycles. The largest absolute Gasteiger partial charge is 0.388 e. The van der Waals surface area contributed by atoms with E-state index in [-0.39, 0.29) is 6.10 Å². The molecule has 0 amide bonds. The molecular weight excluding hydrogens is 379 g/mol. The fraction of sp³-hybridized carbons (Fsp3) is 0.538. The highest BCUT2D eigenvalue weighted by molar-refractivity contribution is 14.1. The summed E-state index contributed by atoms with van der Waals surface area (Å²) in [4.78, 5) is 0. The van der Waals surface area contributed by atoms with E-state index in [0.29, 0.717) is 0 Å². The van der Waals surface area contributed by atoms with Crippen LogP contribution in [0.3, 0.4) is 0 Å². The van der Waals surface area contributed by atoms with Gasteiger partial charge in [0.2, 0.25) is 0 Å². The average Bonchev–Trinajstić information content (AvgIpc) is 2.27. The first-order valence-electron chi connectivity index (χ1n) is 5.78. The molecule has 0 aliphatic heterocycles. The number of hydrogen-bond donors (Lipinski definition) is 1. The summed E-state index contributed by atoms with van der Waals surface area (Å²) in [6.45, 7) is 2.20. The first kappa shape index (κ1) is 14.5. The van der Waals surface area contributed by atoms with E-state index in [9.17, 15) is 5.11 Å². The van der Waals surface area contributed by atoms with Crippen LogP contribution in [-0.4, -0.2) is 5.11 Å². The zero-order valence-corrected chi connectivity index (χ0v) is 13.3. The third kappa shape index (κ3) is 4.72. The van der Waals surface area contributed by atoms with Crippen LogP contribution in [0.1, 0.15) is 50.7 Å². The summed E-state index contributed by atoms with van der Waals surface area (Å²) in [7, 11) is 0. The van der Waals surface area contributed by atoms with Crippen LogP contribution in [0.15, 0.2) is 22.7 Å². The highest BCUT2D eigenvalue weighted by Gasteiger charge is 2.11. The van der Waals surface area contributed by atoms with Crippen molar-refractivity contribution in [1.82, 2.24) is 0 Å². The van der Waals surface area contributed by atoms with Gasteiger partial charge in [-0.2, -0.15) is 0 Å². The lowest BCUT2D eigenvalue weighted by Gasteiger charge is -2.13. The second kappa shape index (κ2) is 7.67. The van der Waals surface area contributed by atoms with Crippen LogP contribution < -0.4 is 0 Å². The zero-order chi connectivity index (χ0) is 12.0. The number of rotatable bonds is 6. The van der Waals surface area contributed by atoms with Gasteiger partial charge >= 0.3 is 0 Å². The average molecular weight is 397 g/mol. The molecule has 1 atom stereocenters. The molecule has 3 heteroatoms. The summed E-state index contributed by atoms with van der Waals surface area (Å²) in [5.74, 6) is 0. The van der Waals surface area contributed by atoms with Crippen LogP contribution in [0.2, 0.25) is 0 Å². The predicted octanol–water partition coefficient (Wildman–Crippen LogP) is 5.06. The smallest absolute Gasteiger partial charge is 0.0801 e. The molecule has 0 aliphatic carbocycles. The molecule has 1 nitrogen and oxygen atoms in total. The Morgan fingerprint density at radius 1 is 1.31 bits per heavy atom. The fourth-order valence-corrected chi connectivity index (χ4v) is 2.72. The van der Waals surface area contributed by atoms with E-state index in [1.165, 1.54) is 22.8 Å². The van der Waals surface area contributed by atoms with Crippen molar-refractivity contribution >= 4 is 38.5 Å². The molecule has 0 aliphatic rings. The van der Waals surface area contributed by atoms with Crippen molar-refractivity contribution in [1.29, 1.82) is 0 Å². The topological polar surface area (TPSA) is 20.2 Å². The minimum Gasteiger partial charge on any atom is -0.388 e. The van der Waals surface area contributed by atoms with E-state index >= 15 is 0 Å². The second-order valence-corrected chi connectivity index (χ2v) is 6.13. The number of benzene rings is 1. The SMILES string of the molecule is CCCCCCC(O)c1cc(I)ccc1Br. The van der Waals surface area contributed by atoms with Crippen molar-refractivity contribution in [3.63, 3.8) is 0 Å². The van der Waals surface area contributed by atoms with Crippen LogP contribution in [0.25, 0.3) is 0 Å². The maximum atomic E-state index is 10.1. The van der Waals surface area contributed by atoms with Crippen molar-refractivity contribution in [3.8, 4) is 0 Å². The maximum absolute atomic E-state index is 10.1. The van der Waals surface area contributed by atoms with Gasteiger partial charge in [-0.25, -0.2) is 0 Å². The van der Waals surface area contributed by atoms with Gasteiger partial charge in [0.05, 0.1) is 6.10 Å². The Bertz CT molecular complexity index is 328. The van der Waals surface area contributed by atoms with Gasteiger partial charge in [-0.1, -0.05) is 48.5 Å². The molecule has 16 heavy (non-hydrogen) atoms. The lowest BCUT2D eigenvalue weighted by Crippen LogP contribution is -1.99. The standard InChI is InChI=1S/C13H18BrIO/c1-2-3-4-5-6-13(16)11-9-10(15)7-8-12(11)14/h7-9,13,16H,2-6H2,1H3. The Morgan fingerprint density at radius 2 is 2.06 bits per heavy atom. The van der Waals surface area contributed by atoms with Crippen LogP contribution in [-0.2, 0) is 0 Å². The number of unbranched alkanes of at least 4 members (excludes halogenated alkanes) is 3. The number of hydrogen-bond acceptors (Lipinski definition) is 1. The van der Waals surface area contributed by atoms with Gasteiger partial charge in [-0.15, -0.1) is 0 Å². The van der Waals surface area contributed by atoms with Crippen molar-refractivity contribution < 1.29 is 5.11 Å². The minimum atomic E-state index is -0.332. The van der Waals surface area contributed by atoms with Crippen molar-refractivity contribution in [3.05, 3.63) is 31.8 Å². The summed E-state index contributed by atoms with van der Waals surface area (Å²) in [5.41, 5.74) is 1.02. The van der Waals surface area contributed by atoms with E-state index in [1.54, 1.807) is 0 Å². The van der Waals surface area contributed by atoms with E-state index in [1.807, 2.05) is 12.1 Å². The number of halogens is 2. The van der Waals surface area contributed by atoms with Crippen molar-refractivity contribution in [2.24, 2.45) is 0 Å². The van der Waals surface area contributed by atoms with Crippen molar-refractivity contribution in [2.45, 2.75) is 45.1 Å². The Kier molecular flexibility index (Phi) is 6.92. The minimum absolute atomic E-state index is 0.332. The molecule has 0 aromatic heterocycles. The monoisotopic (exact) mass is 396 g/mol. The molecule has 1 rings (SSSR count). The first-order valence-corrected chi connectivity index (χ1v) is 7.65. The van der Waals surface area contributed by atoms with Gasteiger partial charge in [0.15, 0.2) is 0 Å². The van der Waals surface area contributed by atoms with Gasteiger partial charge < -0.3 is 5.11 Å². The van der Waals surface area contributed by atoms with E-state index in [4.69, 9.17) is 0 Å². The summed E-state index contributed by atoms with van der Waals surface area (Å²) in [6.07, 6.45) is 5.35. The quantitative estimate of drug-likeness (QED) is 0.526. The van der Waals surface area contributed by atoms with Crippen molar-refractivity contribution in [2.75, 3.05) is 0 Å². The molecule has 0 spiro atoms. The normalized spacial score (nSPS) is 12.8. The van der Waals surface area contributed by atoms with E-state index in [0.717, 1.165) is 22.9 Å². The van der Waals surface area contributed by atoms with Crippen LogP contribution in [0.5, 0.6) is 0 Å². The molecule has 0 bridgehead atoms. The summed E-state index contributed by atoms with van der Waals surface area (Å²) in [5, 5.41) is 10.1. The molecule has 1 unspecified atom stereocenters. The van der Waals surface area contributed by atoms with Crippen LogP contribution >= 0.6 is 38.5 Å². The Hall–Kier alpha value is 0.390. The maximum Gasteiger partial charge on any atom is 0.0801 e. The molecular formula is C13H18BrIO. The first-order chi connectivity index (χ1) is 7.65. The van der Waals surface area contributed by atoms with Gasteiger partial charge in [0, 0.05) is 8.04 Å². The van der Waals surface area contributed by atoms with E-state index in [2.05, 4.69) is 51.5 Å².